The topological polar surface area (TPSA) is 91.7 Å². The summed E-state index contributed by atoms with van der Waals surface area (Å²) in [6.45, 7) is 4.33. The maximum atomic E-state index is 16.8. The number of Topliss-reactive ketones (excluding diaryl/α,β-unsaturated/α-hetero) is 1. The number of nitrogens with zero attached hydrogens (tertiary/aromatic N) is 5. The highest BCUT2D eigenvalue weighted by Crippen LogP contribution is 2.47. The number of hydrogen-bond acceptors (Lipinski definition) is 8. The van der Waals surface area contributed by atoms with Crippen LogP contribution in [0.3, 0.4) is 0 Å². The molecule has 240 valence electrons. The first-order valence-electron chi connectivity index (χ1n) is 16.3. The molecular weight excluding hydrogens is 595 g/mol. The van der Waals surface area contributed by atoms with E-state index in [-0.39, 0.29) is 40.6 Å². The molecule has 4 aromatic rings. The van der Waals surface area contributed by atoms with Crippen LogP contribution in [0, 0.1) is 17.0 Å². The van der Waals surface area contributed by atoms with Gasteiger partial charge in [0.1, 0.15) is 47.2 Å². The van der Waals surface area contributed by atoms with E-state index < -0.39 is 23.3 Å². The minimum atomic E-state index is -0.923. The van der Waals surface area contributed by atoms with Gasteiger partial charge < -0.3 is 14.7 Å². The van der Waals surface area contributed by atoms with Crippen molar-refractivity contribution in [3.05, 3.63) is 47.7 Å². The fourth-order valence-electron chi connectivity index (χ4n) is 8.45. The van der Waals surface area contributed by atoms with Gasteiger partial charge in [-0.05, 0) is 79.6 Å². The molecule has 5 heterocycles. The number of benzene rings is 2. The van der Waals surface area contributed by atoms with E-state index in [2.05, 4.69) is 14.9 Å². The second-order valence-electron chi connectivity index (χ2n) is 13.5. The number of phenols is 1. The van der Waals surface area contributed by atoms with Gasteiger partial charge in [0.15, 0.2) is 5.82 Å². The Balaban J connectivity index is 1.24. The molecule has 2 aromatic carbocycles. The third-order valence-corrected chi connectivity index (χ3v) is 11.1. The lowest BCUT2D eigenvalue weighted by molar-refractivity contribution is -0.139. The minimum Gasteiger partial charge on any atom is -0.508 e. The number of phenolic OH excluding ortho intramolecular Hbond substituents is 1. The van der Waals surface area contributed by atoms with Gasteiger partial charge in [-0.15, -0.1) is 0 Å². The third kappa shape index (κ3) is 4.52. The molecule has 4 aliphatic rings. The minimum absolute atomic E-state index is 0.00785. The van der Waals surface area contributed by atoms with Gasteiger partial charge in [-0.3, -0.25) is 14.7 Å². The average Bonchev–Trinajstić information content (AvgIpc) is 3.58. The number of halogens is 3. The lowest BCUT2D eigenvalue weighted by atomic mass is 9.62. The summed E-state index contributed by atoms with van der Waals surface area (Å²) in [5, 5.41) is 12.0. The molecule has 0 amide bonds. The summed E-state index contributed by atoms with van der Waals surface area (Å²) in [5.74, 6) is -0.474. The molecule has 1 spiro atoms. The van der Waals surface area contributed by atoms with E-state index in [0.29, 0.717) is 85.1 Å². The molecule has 1 N–H and O–H groups in total. The van der Waals surface area contributed by atoms with Crippen molar-refractivity contribution in [1.29, 1.82) is 0 Å². The molecule has 0 unspecified atom stereocenters. The number of hydrogen-bond donors (Lipinski definition) is 1. The zero-order chi connectivity index (χ0) is 31.8. The number of fused-ring (bicyclic) bond motifs is 3. The van der Waals surface area contributed by atoms with Crippen LogP contribution in [0.15, 0.2) is 30.5 Å². The molecule has 3 aliphatic heterocycles. The van der Waals surface area contributed by atoms with Crippen LogP contribution in [0.2, 0.25) is 0 Å². The average molecular weight is 632 g/mol. The van der Waals surface area contributed by atoms with Crippen LogP contribution in [0.4, 0.5) is 19.0 Å². The van der Waals surface area contributed by atoms with Crippen LogP contribution >= 0.6 is 0 Å². The van der Waals surface area contributed by atoms with Gasteiger partial charge in [0, 0.05) is 49.7 Å². The van der Waals surface area contributed by atoms with E-state index in [1.807, 2.05) is 11.8 Å². The van der Waals surface area contributed by atoms with Crippen molar-refractivity contribution >= 4 is 33.3 Å². The summed E-state index contributed by atoms with van der Waals surface area (Å²) in [7, 11) is 0. The predicted octanol–water partition coefficient (Wildman–Crippen LogP) is 6.30. The molecule has 46 heavy (non-hydrogen) atoms. The molecule has 8 rings (SSSR count). The molecule has 2 atom stereocenters. The van der Waals surface area contributed by atoms with Crippen molar-refractivity contribution in [2.24, 2.45) is 5.41 Å². The summed E-state index contributed by atoms with van der Waals surface area (Å²) < 4.78 is 52.5. The van der Waals surface area contributed by atoms with Crippen LogP contribution in [0.5, 0.6) is 11.8 Å². The van der Waals surface area contributed by atoms with Gasteiger partial charge in [0.05, 0.1) is 10.9 Å². The first kappa shape index (κ1) is 29.4. The Morgan fingerprint density at radius 1 is 1.09 bits per heavy atom. The zero-order valence-corrected chi connectivity index (χ0v) is 25.8. The number of piperidine rings is 1. The number of rotatable bonds is 6. The highest BCUT2D eigenvalue weighted by Gasteiger charge is 2.50. The number of ketones is 1. The summed E-state index contributed by atoms with van der Waals surface area (Å²) >= 11 is 0. The summed E-state index contributed by atoms with van der Waals surface area (Å²) in [6, 6.07) is 5.82. The molecule has 0 radical (unpaired) electrons. The molecule has 8 nitrogen and oxygen atoms in total. The number of aromatic nitrogens is 3. The lowest BCUT2D eigenvalue weighted by Crippen LogP contribution is -2.50. The summed E-state index contributed by atoms with van der Waals surface area (Å²) in [4.78, 5) is 30.5. The molecular formula is C35H36F3N5O3. The molecule has 11 heteroatoms. The van der Waals surface area contributed by atoms with Crippen molar-refractivity contribution in [3.8, 4) is 23.0 Å². The number of ether oxygens (including phenoxy) is 1. The highest BCUT2D eigenvalue weighted by molar-refractivity contribution is 6.02. The van der Waals surface area contributed by atoms with Crippen LogP contribution in [-0.2, 0) is 11.2 Å². The van der Waals surface area contributed by atoms with Crippen molar-refractivity contribution < 1.29 is 27.8 Å². The highest BCUT2D eigenvalue weighted by atomic mass is 19.1. The van der Waals surface area contributed by atoms with Gasteiger partial charge >= 0.3 is 6.01 Å². The van der Waals surface area contributed by atoms with Crippen LogP contribution in [0.1, 0.15) is 57.4 Å². The number of pyridine rings is 1. The molecule has 1 saturated carbocycles. The SMILES string of the molecule is CCc1c(F)ccc2cc(O)cc(-c3ncc4c(N5CCC6(CCC6=O)CC5)nc(OC[C@@]56CCCN5C[C@H](F)C6)nc4c3F)c12. The molecule has 1 aliphatic carbocycles. The van der Waals surface area contributed by atoms with Crippen molar-refractivity contribution in [3.63, 3.8) is 0 Å². The summed E-state index contributed by atoms with van der Waals surface area (Å²) in [5.41, 5.74) is -0.128. The largest absolute Gasteiger partial charge is 0.508 e. The van der Waals surface area contributed by atoms with Crippen molar-refractivity contribution in [2.45, 2.75) is 70.0 Å². The van der Waals surface area contributed by atoms with Crippen molar-refractivity contribution in [2.75, 3.05) is 37.7 Å². The van der Waals surface area contributed by atoms with E-state index in [1.165, 1.54) is 24.4 Å². The van der Waals surface area contributed by atoms with Gasteiger partial charge in [0.25, 0.3) is 0 Å². The molecule has 4 fully saturated rings. The van der Waals surface area contributed by atoms with E-state index >= 15 is 4.39 Å². The normalized spacial score (nSPS) is 24.2. The van der Waals surface area contributed by atoms with Gasteiger partial charge in [-0.2, -0.15) is 9.97 Å². The van der Waals surface area contributed by atoms with E-state index in [1.54, 1.807) is 6.07 Å². The number of alkyl halides is 1. The quantitative estimate of drug-likeness (QED) is 0.265. The molecule has 0 bridgehead atoms. The third-order valence-electron chi connectivity index (χ3n) is 11.1. The fourth-order valence-corrected chi connectivity index (χ4v) is 8.45. The van der Waals surface area contributed by atoms with E-state index in [0.717, 1.165) is 25.8 Å². The fraction of sp³-hybridized carbons (Fsp3) is 0.486. The maximum Gasteiger partial charge on any atom is 0.319 e. The Bertz CT molecular complexity index is 1900. The second-order valence-corrected chi connectivity index (χ2v) is 13.5. The van der Waals surface area contributed by atoms with Gasteiger partial charge in [-0.25, -0.2) is 13.2 Å². The molecule has 2 aromatic heterocycles. The first-order chi connectivity index (χ1) is 22.2. The number of anilines is 1. The number of aromatic hydroxyl groups is 1. The Hall–Kier alpha value is -3.99. The Morgan fingerprint density at radius 2 is 1.91 bits per heavy atom. The summed E-state index contributed by atoms with van der Waals surface area (Å²) in [6.07, 6.45) is 5.99. The molecule has 3 saturated heterocycles. The first-order valence-corrected chi connectivity index (χ1v) is 16.3. The van der Waals surface area contributed by atoms with Crippen LogP contribution in [0.25, 0.3) is 32.9 Å². The number of carbonyl (C=O) groups is 1. The maximum absolute atomic E-state index is 16.8. The Labute approximate surface area is 264 Å². The van der Waals surface area contributed by atoms with Gasteiger partial charge in [-0.1, -0.05) is 13.0 Å². The van der Waals surface area contributed by atoms with Crippen LogP contribution < -0.4 is 9.64 Å². The van der Waals surface area contributed by atoms with E-state index in [9.17, 15) is 18.7 Å². The van der Waals surface area contributed by atoms with E-state index in [4.69, 9.17) is 9.72 Å². The second kappa shape index (κ2) is 10.8. The monoisotopic (exact) mass is 631 g/mol. The van der Waals surface area contributed by atoms with Crippen LogP contribution in [-0.4, -0.2) is 75.2 Å². The number of aryl methyl sites for hydroxylation is 1. The smallest absolute Gasteiger partial charge is 0.319 e. The predicted molar refractivity (Wildman–Crippen MR) is 168 cm³/mol. The lowest BCUT2D eigenvalue weighted by Gasteiger charge is -2.46. The Morgan fingerprint density at radius 3 is 2.65 bits per heavy atom. The number of carbonyl (C=O) groups excluding carboxylic acids is 1. The van der Waals surface area contributed by atoms with Crippen molar-refractivity contribution in [1.82, 2.24) is 19.9 Å². The Kier molecular flexibility index (Phi) is 6.90. The zero-order valence-electron chi connectivity index (χ0n) is 25.8. The van der Waals surface area contributed by atoms with Gasteiger partial charge in [0.2, 0.25) is 0 Å². The standard InChI is InChI=1S/C35H36F3N5O3/c1-2-23-26(37)5-4-20-14-22(44)15-24(28(20)23)30-29(38)31-25(17-39-30)32(42-12-9-34(10-13-42)8-6-27(34)45)41-33(40-31)46-19-35-7-3-11-43(35)18-21(36)16-35/h4-5,14-15,17,21,44H,2-3,6-13,16,18-19H2,1H3/t21-,35+/m1/s1.